The molecule has 28 heavy (non-hydrogen) atoms. The standard InChI is InChI=1S/C12H3Cl2F7N4O3/c13-4-1-3(11(16,17)18)7(15)6(14)8(4)24-9(5(2-22-24)25(27)28)23-10(26)12(19,20)21/h1-2H,(H,23,26). The number of amides is 1. The summed E-state index contributed by atoms with van der Waals surface area (Å²) in [5.41, 5.74) is -4.04. The first-order chi connectivity index (χ1) is 12.7. The Hall–Kier alpha value is -2.61. The zero-order valence-corrected chi connectivity index (χ0v) is 14.1. The van der Waals surface area contributed by atoms with Crippen molar-refractivity contribution in [3.05, 3.63) is 43.8 Å². The Labute approximate surface area is 158 Å². The van der Waals surface area contributed by atoms with E-state index in [-0.39, 0.29) is 10.7 Å². The number of hydrogen-bond acceptors (Lipinski definition) is 4. The van der Waals surface area contributed by atoms with Gasteiger partial charge in [-0.3, -0.25) is 20.2 Å². The SMILES string of the molecule is O=C(Nc1c([N+](=O)[O-])cnn1-c1c(Cl)cc(C(F)(F)F)c(F)c1Cl)C(F)(F)F. The van der Waals surface area contributed by atoms with Crippen LogP contribution in [0, 0.1) is 15.9 Å². The summed E-state index contributed by atoms with van der Waals surface area (Å²) in [5.74, 6) is -5.98. The number of rotatable bonds is 3. The molecule has 0 radical (unpaired) electrons. The third-order valence-corrected chi connectivity index (χ3v) is 3.72. The number of aromatic nitrogens is 2. The van der Waals surface area contributed by atoms with Crippen LogP contribution < -0.4 is 5.32 Å². The molecule has 0 unspecified atom stereocenters. The van der Waals surface area contributed by atoms with Crippen LogP contribution in [0.2, 0.25) is 10.0 Å². The Morgan fingerprint density at radius 1 is 1.21 bits per heavy atom. The minimum Gasteiger partial charge on any atom is -0.297 e. The van der Waals surface area contributed by atoms with Crippen molar-refractivity contribution in [3.63, 3.8) is 0 Å². The average Bonchev–Trinajstić information content (AvgIpc) is 2.92. The second-order valence-corrected chi connectivity index (χ2v) is 5.66. The number of halogens is 9. The number of nitrogens with one attached hydrogen (secondary N) is 1. The van der Waals surface area contributed by atoms with Crippen LogP contribution in [0.5, 0.6) is 0 Å². The van der Waals surface area contributed by atoms with Gasteiger partial charge >= 0.3 is 23.9 Å². The van der Waals surface area contributed by atoms with Gasteiger partial charge in [0.15, 0.2) is 5.82 Å². The maximum absolute atomic E-state index is 14.0. The van der Waals surface area contributed by atoms with E-state index >= 15 is 0 Å². The molecule has 1 aromatic heterocycles. The molecule has 7 nitrogen and oxygen atoms in total. The maximum atomic E-state index is 14.0. The normalized spacial score (nSPS) is 12.2. The van der Waals surface area contributed by atoms with Crippen LogP contribution >= 0.6 is 23.2 Å². The number of benzene rings is 1. The van der Waals surface area contributed by atoms with E-state index in [0.29, 0.717) is 6.20 Å². The first-order valence-corrected chi connectivity index (χ1v) is 7.27. The van der Waals surface area contributed by atoms with Gasteiger partial charge < -0.3 is 0 Å². The van der Waals surface area contributed by atoms with Crippen molar-refractivity contribution >= 4 is 40.6 Å². The van der Waals surface area contributed by atoms with Crippen LogP contribution in [-0.4, -0.2) is 26.8 Å². The molecule has 1 N–H and O–H groups in total. The fraction of sp³-hybridized carbons (Fsp3) is 0.167. The van der Waals surface area contributed by atoms with Crippen LogP contribution in [0.15, 0.2) is 12.3 Å². The first-order valence-electron chi connectivity index (χ1n) is 6.52. The second-order valence-electron chi connectivity index (χ2n) is 4.88. The predicted molar refractivity (Wildman–Crippen MR) is 79.9 cm³/mol. The lowest BCUT2D eigenvalue weighted by molar-refractivity contribution is -0.384. The van der Waals surface area contributed by atoms with Gasteiger partial charge in [0.25, 0.3) is 0 Å². The Morgan fingerprint density at radius 3 is 2.25 bits per heavy atom. The molecule has 0 bridgehead atoms. The Balaban J connectivity index is 2.75. The molecule has 1 aromatic carbocycles. The second kappa shape index (κ2) is 7.09. The quantitative estimate of drug-likeness (QED) is 0.313. The van der Waals surface area contributed by atoms with E-state index in [4.69, 9.17) is 23.2 Å². The first kappa shape index (κ1) is 21.7. The molecule has 0 fully saturated rings. The van der Waals surface area contributed by atoms with Crippen LogP contribution in [0.1, 0.15) is 5.56 Å². The summed E-state index contributed by atoms with van der Waals surface area (Å²) >= 11 is 11.1. The molecule has 0 aliphatic carbocycles. The topological polar surface area (TPSA) is 90.1 Å². The molecule has 2 rings (SSSR count). The van der Waals surface area contributed by atoms with Crippen molar-refractivity contribution in [2.75, 3.05) is 5.32 Å². The summed E-state index contributed by atoms with van der Waals surface area (Å²) in [5, 5.41) is 13.0. The summed E-state index contributed by atoms with van der Waals surface area (Å²) in [4.78, 5) is 20.8. The van der Waals surface area contributed by atoms with Gasteiger partial charge in [0, 0.05) is 0 Å². The molecule has 0 saturated carbocycles. The molecule has 0 aliphatic rings. The Bertz CT molecular complexity index is 972. The number of carbonyl (C=O) groups is 1. The summed E-state index contributed by atoms with van der Waals surface area (Å²) < 4.78 is 89.9. The van der Waals surface area contributed by atoms with E-state index in [1.807, 2.05) is 0 Å². The fourth-order valence-corrected chi connectivity index (χ4v) is 2.54. The lowest BCUT2D eigenvalue weighted by Gasteiger charge is -2.16. The van der Waals surface area contributed by atoms with Crippen molar-refractivity contribution in [2.24, 2.45) is 0 Å². The van der Waals surface area contributed by atoms with Crippen LogP contribution in [0.4, 0.5) is 42.2 Å². The molecular formula is C12H3Cl2F7N4O3. The summed E-state index contributed by atoms with van der Waals surface area (Å²) in [7, 11) is 0. The molecule has 0 aliphatic heterocycles. The molecule has 16 heteroatoms. The smallest absolute Gasteiger partial charge is 0.297 e. The van der Waals surface area contributed by atoms with E-state index < -0.39 is 61.8 Å². The maximum Gasteiger partial charge on any atom is 0.471 e. The number of alkyl halides is 6. The van der Waals surface area contributed by atoms with Gasteiger partial charge in [0.2, 0.25) is 5.82 Å². The van der Waals surface area contributed by atoms with E-state index in [1.54, 1.807) is 0 Å². The molecule has 1 amide bonds. The summed E-state index contributed by atoms with van der Waals surface area (Å²) in [6.45, 7) is 0. The summed E-state index contributed by atoms with van der Waals surface area (Å²) in [6, 6.07) is 0.0565. The van der Waals surface area contributed by atoms with Gasteiger partial charge in [0.05, 0.1) is 15.5 Å². The van der Waals surface area contributed by atoms with E-state index in [0.717, 1.165) is 5.32 Å². The third kappa shape index (κ3) is 3.96. The van der Waals surface area contributed by atoms with Crippen LogP contribution in [0.25, 0.3) is 5.69 Å². The highest BCUT2D eigenvalue weighted by Gasteiger charge is 2.42. The lowest BCUT2D eigenvalue weighted by Crippen LogP contribution is -2.31. The van der Waals surface area contributed by atoms with Crippen LogP contribution in [-0.2, 0) is 11.0 Å². The minimum absolute atomic E-state index is 0.0565. The monoisotopic (exact) mass is 454 g/mol. The average molecular weight is 455 g/mol. The van der Waals surface area contributed by atoms with Gasteiger partial charge in [-0.25, -0.2) is 9.07 Å². The van der Waals surface area contributed by atoms with E-state index in [2.05, 4.69) is 5.10 Å². The molecule has 2 aromatic rings. The molecule has 152 valence electrons. The van der Waals surface area contributed by atoms with Gasteiger partial charge in [-0.15, -0.1) is 0 Å². The highest BCUT2D eigenvalue weighted by atomic mass is 35.5. The largest absolute Gasteiger partial charge is 0.471 e. The minimum atomic E-state index is -5.48. The molecular weight excluding hydrogens is 452 g/mol. The van der Waals surface area contributed by atoms with Crippen molar-refractivity contribution in [1.29, 1.82) is 0 Å². The van der Waals surface area contributed by atoms with Crippen molar-refractivity contribution < 1.29 is 40.5 Å². The predicted octanol–water partition coefficient (Wildman–Crippen LogP) is 4.75. The number of nitro groups is 1. The van der Waals surface area contributed by atoms with Crippen molar-refractivity contribution in [2.45, 2.75) is 12.4 Å². The molecule has 0 atom stereocenters. The summed E-state index contributed by atoms with van der Waals surface area (Å²) in [6.07, 6.45) is -10.4. The highest BCUT2D eigenvalue weighted by molar-refractivity contribution is 6.38. The van der Waals surface area contributed by atoms with Gasteiger partial charge in [-0.05, 0) is 6.07 Å². The zero-order chi connectivity index (χ0) is 21.6. The fourth-order valence-electron chi connectivity index (χ4n) is 1.92. The third-order valence-electron chi connectivity index (χ3n) is 3.09. The van der Waals surface area contributed by atoms with Crippen molar-refractivity contribution in [1.82, 2.24) is 9.78 Å². The van der Waals surface area contributed by atoms with Crippen molar-refractivity contribution in [3.8, 4) is 5.69 Å². The zero-order valence-electron chi connectivity index (χ0n) is 12.6. The highest BCUT2D eigenvalue weighted by Crippen LogP contribution is 2.42. The number of hydrogen-bond donors (Lipinski definition) is 1. The lowest BCUT2D eigenvalue weighted by atomic mass is 10.1. The molecule has 0 saturated heterocycles. The van der Waals surface area contributed by atoms with Gasteiger partial charge in [0.1, 0.15) is 16.9 Å². The van der Waals surface area contributed by atoms with Crippen LogP contribution in [0.3, 0.4) is 0 Å². The Morgan fingerprint density at radius 2 is 1.79 bits per heavy atom. The number of nitrogens with zero attached hydrogens (tertiary/aromatic N) is 3. The molecule has 1 heterocycles. The number of anilines is 1. The van der Waals surface area contributed by atoms with Gasteiger partial charge in [-0.1, -0.05) is 23.2 Å². The Kier molecular flexibility index (Phi) is 5.49. The molecule has 0 spiro atoms. The van der Waals surface area contributed by atoms with Gasteiger partial charge in [-0.2, -0.15) is 31.4 Å². The van der Waals surface area contributed by atoms with E-state index in [9.17, 15) is 45.6 Å². The van der Waals surface area contributed by atoms with E-state index in [1.165, 1.54) is 0 Å². The number of carbonyl (C=O) groups excluding carboxylic acids is 1.